The minimum atomic E-state index is -2.66. The Morgan fingerprint density at radius 2 is 2.23 bits per heavy atom. The summed E-state index contributed by atoms with van der Waals surface area (Å²) in [6.07, 6.45) is 0.605. The summed E-state index contributed by atoms with van der Waals surface area (Å²) in [5.41, 5.74) is 0. The van der Waals surface area contributed by atoms with Gasteiger partial charge in [-0.3, -0.25) is 0 Å². The number of carboxylic acids is 1. The molecule has 1 rings (SSSR count). The number of hydrogen-bond acceptors (Lipinski definition) is 1. The monoisotopic (exact) mass is 188 g/mol. The van der Waals surface area contributed by atoms with Crippen molar-refractivity contribution in [2.75, 3.05) is 0 Å². The third kappa shape index (κ3) is 3.41. The molecule has 1 aliphatic rings. The van der Waals surface area contributed by atoms with Gasteiger partial charge in [0, 0.05) is 24.7 Å². The van der Waals surface area contributed by atoms with E-state index in [2.05, 4.69) is 5.92 Å². The van der Waals surface area contributed by atoms with E-state index in [0.29, 0.717) is 12.8 Å². The Kier molecular flexibility index (Phi) is 2.86. The van der Waals surface area contributed by atoms with Gasteiger partial charge in [-0.05, 0) is 12.8 Å². The molecule has 4 heteroatoms. The molecular weight excluding hydrogens is 178 g/mol. The van der Waals surface area contributed by atoms with E-state index in [1.807, 2.05) is 5.92 Å². The fraction of sp³-hybridized carbons (Fsp3) is 0.667. The zero-order chi connectivity index (χ0) is 9.90. The summed E-state index contributed by atoms with van der Waals surface area (Å²) >= 11 is 0. The minimum absolute atomic E-state index is 0.0990. The van der Waals surface area contributed by atoms with Crippen LogP contribution >= 0.6 is 0 Å². The van der Waals surface area contributed by atoms with Gasteiger partial charge in [-0.2, -0.15) is 0 Å². The largest absolute Gasteiger partial charge is 0.472 e. The van der Waals surface area contributed by atoms with Gasteiger partial charge in [-0.1, -0.05) is 5.92 Å². The van der Waals surface area contributed by atoms with Crippen LogP contribution in [0.15, 0.2) is 0 Å². The van der Waals surface area contributed by atoms with Gasteiger partial charge in [0.2, 0.25) is 5.92 Å². The van der Waals surface area contributed by atoms with Gasteiger partial charge in [0.05, 0.1) is 0 Å². The van der Waals surface area contributed by atoms with Gasteiger partial charge in [0.15, 0.2) is 0 Å². The van der Waals surface area contributed by atoms with Gasteiger partial charge in [-0.15, -0.1) is 0 Å². The molecule has 0 saturated heterocycles. The van der Waals surface area contributed by atoms with E-state index in [4.69, 9.17) is 5.11 Å². The molecule has 0 amide bonds. The summed E-state index contributed by atoms with van der Waals surface area (Å²) in [5, 5.41) is 8.21. The Balaban J connectivity index is 2.54. The first kappa shape index (κ1) is 9.97. The summed E-state index contributed by atoms with van der Waals surface area (Å²) < 4.78 is 25.5. The predicted molar refractivity (Wildman–Crippen MR) is 42.3 cm³/mol. The number of halogens is 2. The van der Waals surface area contributed by atoms with Crippen LogP contribution in [0.25, 0.3) is 0 Å². The second kappa shape index (κ2) is 3.73. The maximum Gasteiger partial charge on any atom is 0.381 e. The lowest BCUT2D eigenvalue weighted by Gasteiger charge is -2.25. The normalized spacial score (nSPS) is 25.8. The van der Waals surface area contributed by atoms with Gasteiger partial charge in [0.25, 0.3) is 0 Å². The van der Waals surface area contributed by atoms with Crippen molar-refractivity contribution in [2.45, 2.75) is 31.6 Å². The Labute approximate surface area is 74.9 Å². The van der Waals surface area contributed by atoms with E-state index in [1.54, 1.807) is 0 Å². The zero-order valence-corrected chi connectivity index (χ0v) is 7.02. The minimum Gasteiger partial charge on any atom is -0.472 e. The molecular formula is C9H10F2O2. The van der Waals surface area contributed by atoms with Crippen LogP contribution < -0.4 is 0 Å². The summed E-state index contributed by atoms with van der Waals surface area (Å²) in [6.45, 7) is 0. The average Bonchev–Trinajstić information content (AvgIpc) is 1.99. The van der Waals surface area contributed by atoms with E-state index in [1.165, 1.54) is 0 Å². The second-order valence-corrected chi connectivity index (χ2v) is 3.22. The molecule has 1 atom stereocenters. The van der Waals surface area contributed by atoms with E-state index in [-0.39, 0.29) is 12.8 Å². The van der Waals surface area contributed by atoms with Crippen molar-refractivity contribution in [2.24, 2.45) is 5.92 Å². The quantitative estimate of drug-likeness (QED) is 0.589. The molecule has 0 spiro atoms. The first-order valence-electron chi connectivity index (χ1n) is 4.12. The molecule has 0 aromatic carbocycles. The Morgan fingerprint density at radius 1 is 1.54 bits per heavy atom. The Hall–Kier alpha value is -1.11. The van der Waals surface area contributed by atoms with Gasteiger partial charge in [0.1, 0.15) is 0 Å². The highest BCUT2D eigenvalue weighted by Gasteiger charge is 2.35. The molecule has 0 heterocycles. The highest BCUT2D eigenvalue weighted by atomic mass is 19.3. The van der Waals surface area contributed by atoms with Crippen LogP contribution in [0.1, 0.15) is 25.7 Å². The summed E-state index contributed by atoms with van der Waals surface area (Å²) in [6, 6.07) is 0. The van der Waals surface area contributed by atoms with Crippen molar-refractivity contribution in [1.29, 1.82) is 0 Å². The first-order valence-corrected chi connectivity index (χ1v) is 4.12. The fourth-order valence-corrected chi connectivity index (χ4v) is 1.46. The van der Waals surface area contributed by atoms with Crippen molar-refractivity contribution in [1.82, 2.24) is 0 Å². The maximum absolute atomic E-state index is 12.8. The molecule has 0 aliphatic heterocycles. The van der Waals surface area contributed by atoms with Crippen molar-refractivity contribution in [3.8, 4) is 11.8 Å². The van der Waals surface area contributed by atoms with E-state index in [0.717, 1.165) is 0 Å². The summed E-state index contributed by atoms with van der Waals surface area (Å²) in [7, 11) is 0. The molecule has 1 unspecified atom stereocenters. The Bertz CT molecular complexity index is 263. The fourth-order valence-electron chi connectivity index (χ4n) is 1.46. The number of rotatable bonds is 0. The third-order valence-corrected chi connectivity index (χ3v) is 2.02. The zero-order valence-electron chi connectivity index (χ0n) is 7.02. The molecule has 72 valence electrons. The SMILES string of the molecule is O=C(O)C#CC1CCCC(F)(F)C1. The average molecular weight is 188 g/mol. The third-order valence-electron chi connectivity index (χ3n) is 2.02. The summed E-state index contributed by atoms with van der Waals surface area (Å²) in [5.74, 6) is -0.137. The van der Waals surface area contributed by atoms with Crippen LogP contribution in [0, 0.1) is 17.8 Å². The van der Waals surface area contributed by atoms with Gasteiger partial charge >= 0.3 is 5.97 Å². The van der Waals surface area contributed by atoms with Crippen LogP contribution in [-0.2, 0) is 4.79 Å². The van der Waals surface area contributed by atoms with Gasteiger partial charge in [-0.25, -0.2) is 13.6 Å². The molecule has 1 N–H and O–H groups in total. The standard InChI is InChI=1S/C9H10F2O2/c10-9(11)5-1-2-7(6-9)3-4-8(12)13/h7H,1-2,5-6H2,(H,12,13). The van der Waals surface area contributed by atoms with Crippen LogP contribution in [-0.4, -0.2) is 17.0 Å². The van der Waals surface area contributed by atoms with Gasteiger partial charge < -0.3 is 5.11 Å². The number of carboxylic acid groups (broad SMARTS) is 1. The van der Waals surface area contributed by atoms with Crippen LogP contribution in [0.2, 0.25) is 0 Å². The predicted octanol–water partition coefficient (Wildman–Crippen LogP) is 1.90. The lowest BCUT2D eigenvalue weighted by molar-refractivity contribution is -0.130. The molecule has 1 fully saturated rings. The molecule has 0 aromatic heterocycles. The Morgan fingerprint density at radius 3 is 2.77 bits per heavy atom. The number of aliphatic carboxylic acids is 1. The first-order chi connectivity index (χ1) is 5.99. The highest BCUT2D eigenvalue weighted by Crippen LogP contribution is 2.36. The van der Waals surface area contributed by atoms with Crippen molar-refractivity contribution in [3.05, 3.63) is 0 Å². The van der Waals surface area contributed by atoms with E-state index in [9.17, 15) is 13.6 Å². The molecule has 13 heavy (non-hydrogen) atoms. The molecule has 2 nitrogen and oxygen atoms in total. The van der Waals surface area contributed by atoms with Crippen molar-refractivity contribution in [3.63, 3.8) is 0 Å². The molecule has 0 radical (unpaired) electrons. The number of carbonyl (C=O) groups is 1. The molecule has 1 aliphatic carbocycles. The summed E-state index contributed by atoms with van der Waals surface area (Å²) in [4.78, 5) is 10.0. The van der Waals surface area contributed by atoms with Crippen LogP contribution in [0.3, 0.4) is 0 Å². The lowest BCUT2D eigenvalue weighted by Crippen LogP contribution is -2.25. The maximum atomic E-state index is 12.8. The second-order valence-electron chi connectivity index (χ2n) is 3.22. The van der Waals surface area contributed by atoms with Crippen LogP contribution in [0.5, 0.6) is 0 Å². The van der Waals surface area contributed by atoms with Crippen molar-refractivity contribution < 1.29 is 18.7 Å². The highest BCUT2D eigenvalue weighted by molar-refractivity contribution is 5.86. The molecule has 1 saturated carbocycles. The number of alkyl halides is 2. The lowest BCUT2D eigenvalue weighted by atomic mass is 9.87. The topological polar surface area (TPSA) is 37.3 Å². The molecule has 0 bridgehead atoms. The molecule has 0 aromatic rings. The van der Waals surface area contributed by atoms with E-state index >= 15 is 0 Å². The number of hydrogen-bond donors (Lipinski definition) is 1. The van der Waals surface area contributed by atoms with Crippen LogP contribution in [0.4, 0.5) is 8.78 Å². The smallest absolute Gasteiger partial charge is 0.381 e. The van der Waals surface area contributed by atoms with Crippen molar-refractivity contribution >= 4 is 5.97 Å². The van der Waals surface area contributed by atoms with E-state index < -0.39 is 17.8 Å².